The number of nitrogens with two attached hydrogens (primary N) is 1. The number of halogens is 1. The van der Waals surface area contributed by atoms with Crippen LogP contribution in [0, 0.1) is 11.7 Å². The Hall–Kier alpha value is -2.41. The first-order valence-corrected chi connectivity index (χ1v) is 10.1. The van der Waals surface area contributed by atoms with Crippen molar-refractivity contribution >= 4 is 22.6 Å². The Kier molecular flexibility index (Phi) is 3.98. The van der Waals surface area contributed by atoms with E-state index < -0.39 is 17.2 Å². The van der Waals surface area contributed by atoms with Crippen molar-refractivity contribution in [2.75, 3.05) is 18.0 Å². The van der Waals surface area contributed by atoms with Crippen LogP contribution < -0.4 is 16.1 Å². The standard InChI is InChI=1S/C21H24FN3O3/c22-16-8-14-18(25(12-4-5-12)10-15(20(14)26)21(27)28)13-2-1-3-17-11(9-23)6-7-24(17)19(13)16/h8,10-12,17H,1-7,9,23H2,(H,27,28)/t11-,17-/m0/s1. The van der Waals surface area contributed by atoms with Crippen LogP contribution in [0.25, 0.3) is 10.9 Å². The maximum Gasteiger partial charge on any atom is 0.341 e. The number of aryl methyl sites for hydroxylation is 1. The fraction of sp³-hybridized carbons (Fsp3) is 0.524. The molecule has 7 heteroatoms. The summed E-state index contributed by atoms with van der Waals surface area (Å²) in [5, 5.41) is 9.65. The molecule has 0 bridgehead atoms. The van der Waals surface area contributed by atoms with Gasteiger partial charge in [-0.05, 0) is 57.1 Å². The van der Waals surface area contributed by atoms with Crippen molar-refractivity contribution in [3.8, 4) is 0 Å². The quantitative estimate of drug-likeness (QED) is 0.848. The summed E-state index contributed by atoms with van der Waals surface area (Å²) in [6.45, 7) is 1.36. The first kappa shape index (κ1) is 17.7. The van der Waals surface area contributed by atoms with E-state index in [2.05, 4.69) is 4.90 Å². The molecule has 0 amide bonds. The van der Waals surface area contributed by atoms with Crippen LogP contribution in [0.1, 0.15) is 54.1 Å². The molecule has 148 valence electrons. The molecule has 3 aliphatic rings. The van der Waals surface area contributed by atoms with Crippen LogP contribution in [0.4, 0.5) is 10.1 Å². The Morgan fingerprint density at radius 1 is 1.29 bits per heavy atom. The molecule has 0 spiro atoms. The predicted octanol–water partition coefficient (Wildman–Crippen LogP) is 2.66. The molecule has 5 rings (SSSR count). The van der Waals surface area contributed by atoms with Gasteiger partial charge in [-0.3, -0.25) is 4.79 Å². The SMILES string of the molecule is NC[C@@H]1CCN2c3c(F)cc4c(=O)c(C(=O)O)cn(C5CC5)c4c3CCC[C@@H]12. The average molecular weight is 385 g/mol. The summed E-state index contributed by atoms with van der Waals surface area (Å²) in [5.74, 6) is -1.32. The number of anilines is 1. The first-order chi connectivity index (χ1) is 13.5. The molecule has 3 heterocycles. The number of benzene rings is 1. The summed E-state index contributed by atoms with van der Waals surface area (Å²) in [7, 11) is 0. The van der Waals surface area contributed by atoms with Crippen LogP contribution in [0.15, 0.2) is 17.1 Å². The minimum Gasteiger partial charge on any atom is -0.477 e. The van der Waals surface area contributed by atoms with E-state index in [4.69, 9.17) is 5.73 Å². The molecule has 28 heavy (non-hydrogen) atoms. The van der Waals surface area contributed by atoms with Gasteiger partial charge in [0.25, 0.3) is 0 Å². The molecule has 0 radical (unpaired) electrons. The number of fused-ring (bicyclic) bond motifs is 5. The van der Waals surface area contributed by atoms with E-state index in [9.17, 15) is 14.7 Å². The minimum absolute atomic E-state index is 0.185. The maximum absolute atomic E-state index is 15.3. The zero-order valence-electron chi connectivity index (χ0n) is 15.7. The molecule has 2 fully saturated rings. The normalized spacial score (nSPS) is 24.1. The fourth-order valence-electron chi connectivity index (χ4n) is 5.25. The van der Waals surface area contributed by atoms with E-state index in [0.717, 1.165) is 49.7 Å². The van der Waals surface area contributed by atoms with Crippen LogP contribution in [-0.2, 0) is 6.42 Å². The highest BCUT2D eigenvalue weighted by Gasteiger charge is 2.39. The molecule has 2 aliphatic heterocycles. The van der Waals surface area contributed by atoms with Gasteiger partial charge in [-0.1, -0.05) is 0 Å². The third kappa shape index (κ3) is 2.49. The van der Waals surface area contributed by atoms with E-state index in [1.807, 2.05) is 4.57 Å². The fourth-order valence-corrected chi connectivity index (χ4v) is 5.25. The zero-order valence-corrected chi connectivity index (χ0v) is 15.7. The summed E-state index contributed by atoms with van der Waals surface area (Å²) in [5.41, 5.74) is 7.26. The molecular formula is C21H24FN3O3. The van der Waals surface area contributed by atoms with Crippen molar-refractivity contribution in [1.82, 2.24) is 4.57 Å². The lowest BCUT2D eigenvalue weighted by atomic mass is 9.96. The lowest BCUT2D eigenvalue weighted by Crippen LogP contribution is -2.35. The van der Waals surface area contributed by atoms with Gasteiger partial charge in [-0.25, -0.2) is 9.18 Å². The van der Waals surface area contributed by atoms with E-state index in [0.29, 0.717) is 24.6 Å². The smallest absolute Gasteiger partial charge is 0.341 e. The summed E-state index contributed by atoms with van der Waals surface area (Å²) in [4.78, 5) is 26.6. The topological polar surface area (TPSA) is 88.6 Å². The Labute approximate surface area is 161 Å². The van der Waals surface area contributed by atoms with Crippen molar-refractivity contribution in [2.45, 2.75) is 50.6 Å². The van der Waals surface area contributed by atoms with Crippen LogP contribution in [0.5, 0.6) is 0 Å². The highest BCUT2D eigenvalue weighted by Crippen LogP contribution is 2.44. The molecule has 1 saturated heterocycles. The molecule has 2 atom stereocenters. The predicted molar refractivity (Wildman–Crippen MR) is 105 cm³/mol. The molecular weight excluding hydrogens is 361 g/mol. The number of rotatable bonds is 3. The van der Waals surface area contributed by atoms with Gasteiger partial charge < -0.3 is 20.3 Å². The van der Waals surface area contributed by atoms with Crippen LogP contribution in [0.2, 0.25) is 0 Å². The minimum atomic E-state index is -1.26. The molecule has 2 aromatic rings. The number of hydrogen-bond donors (Lipinski definition) is 2. The van der Waals surface area contributed by atoms with Crippen molar-refractivity contribution in [3.05, 3.63) is 39.4 Å². The molecule has 1 aromatic carbocycles. The Balaban J connectivity index is 1.82. The summed E-state index contributed by atoms with van der Waals surface area (Å²) >= 11 is 0. The van der Waals surface area contributed by atoms with Gasteiger partial charge in [-0.15, -0.1) is 0 Å². The lowest BCUT2D eigenvalue weighted by Gasteiger charge is -2.30. The summed E-state index contributed by atoms with van der Waals surface area (Å²) in [6, 6.07) is 1.68. The maximum atomic E-state index is 15.3. The van der Waals surface area contributed by atoms with Crippen LogP contribution >= 0.6 is 0 Å². The van der Waals surface area contributed by atoms with Gasteiger partial charge in [0.05, 0.1) is 11.2 Å². The second kappa shape index (κ2) is 6.30. The largest absolute Gasteiger partial charge is 0.477 e. The second-order valence-corrected chi connectivity index (χ2v) is 8.33. The van der Waals surface area contributed by atoms with Crippen LogP contribution in [-0.4, -0.2) is 34.8 Å². The van der Waals surface area contributed by atoms with Gasteiger partial charge >= 0.3 is 5.97 Å². The van der Waals surface area contributed by atoms with E-state index >= 15 is 4.39 Å². The van der Waals surface area contributed by atoms with E-state index in [1.54, 1.807) is 0 Å². The molecule has 1 aromatic heterocycles. The number of carboxylic acids is 1. The van der Waals surface area contributed by atoms with Crippen molar-refractivity contribution < 1.29 is 14.3 Å². The Morgan fingerprint density at radius 3 is 2.75 bits per heavy atom. The third-order valence-electron chi connectivity index (χ3n) is 6.71. The number of aromatic carboxylic acids is 1. The third-order valence-corrected chi connectivity index (χ3v) is 6.71. The second-order valence-electron chi connectivity index (χ2n) is 8.33. The van der Waals surface area contributed by atoms with E-state index in [-0.39, 0.29) is 23.0 Å². The zero-order chi connectivity index (χ0) is 19.6. The van der Waals surface area contributed by atoms with Gasteiger partial charge in [0.15, 0.2) is 0 Å². The number of hydrogen-bond acceptors (Lipinski definition) is 4. The molecule has 1 aliphatic carbocycles. The number of pyridine rings is 1. The van der Waals surface area contributed by atoms with Crippen molar-refractivity contribution in [2.24, 2.45) is 11.7 Å². The van der Waals surface area contributed by atoms with Crippen LogP contribution in [0.3, 0.4) is 0 Å². The lowest BCUT2D eigenvalue weighted by molar-refractivity contribution is 0.0695. The van der Waals surface area contributed by atoms with E-state index in [1.165, 1.54) is 12.3 Å². The molecule has 3 N–H and O–H groups in total. The molecule has 1 saturated carbocycles. The molecule has 0 unspecified atom stereocenters. The number of carbonyl (C=O) groups is 1. The van der Waals surface area contributed by atoms with Crippen molar-refractivity contribution in [3.63, 3.8) is 0 Å². The summed E-state index contributed by atoms with van der Waals surface area (Å²) in [6.07, 6.45) is 6.87. The van der Waals surface area contributed by atoms with Gasteiger partial charge in [-0.2, -0.15) is 0 Å². The van der Waals surface area contributed by atoms with Gasteiger partial charge in [0.2, 0.25) is 5.43 Å². The van der Waals surface area contributed by atoms with Gasteiger partial charge in [0.1, 0.15) is 11.4 Å². The monoisotopic (exact) mass is 385 g/mol. The highest BCUT2D eigenvalue weighted by molar-refractivity contribution is 5.95. The molecule has 6 nitrogen and oxygen atoms in total. The number of aromatic nitrogens is 1. The Morgan fingerprint density at radius 2 is 2.07 bits per heavy atom. The summed E-state index contributed by atoms with van der Waals surface area (Å²) < 4.78 is 17.3. The average Bonchev–Trinajstić information content (AvgIpc) is 3.46. The van der Waals surface area contributed by atoms with Gasteiger partial charge in [0, 0.05) is 35.8 Å². The number of carboxylic acid groups (broad SMARTS) is 1. The first-order valence-electron chi connectivity index (χ1n) is 10.1. The Bertz CT molecular complexity index is 1040. The highest BCUT2D eigenvalue weighted by atomic mass is 19.1. The van der Waals surface area contributed by atoms with Crippen molar-refractivity contribution in [1.29, 1.82) is 0 Å². The number of nitrogens with zero attached hydrogens (tertiary/aromatic N) is 2.